The lowest BCUT2D eigenvalue weighted by molar-refractivity contribution is -0.126. The lowest BCUT2D eigenvalue weighted by atomic mass is 10.1. The number of hydrogen-bond acceptors (Lipinski definition) is 8. The van der Waals surface area contributed by atoms with Crippen molar-refractivity contribution in [1.82, 2.24) is 0 Å². The lowest BCUT2D eigenvalue weighted by Crippen LogP contribution is -2.32. The number of ether oxygens (including phenoxy) is 2. The Morgan fingerprint density at radius 3 is 1.97 bits per heavy atom. The summed E-state index contributed by atoms with van der Waals surface area (Å²) < 4.78 is 10.3. The molecule has 0 aromatic heterocycles. The van der Waals surface area contributed by atoms with Gasteiger partial charge in [-0.1, -0.05) is 11.6 Å². The molecular weight excluding hydrogens is 442 g/mol. The highest BCUT2D eigenvalue weighted by atomic mass is 35.5. The number of carbonyl (C=O) groups is 4. The van der Waals surface area contributed by atoms with Gasteiger partial charge < -0.3 is 26.3 Å². The normalized spacial score (nSPS) is 11.6. The molecule has 168 valence electrons. The first-order valence-corrected chi connectivity index (χ1v) is 9.33. The Morgan fingerprint density at radius 2 is 1.50 bits per heavy atom. The molecular formula is C20H20ClN5O6. The van der Waals surface area contributed by atoms with Gasteiger partial charge in [0.1, 0.15) is 11.5 Å². The summed E-state index contributed by atoms with van der Waals surface area (Å²) in [7, 11) is 2.77. The van der Waals surface area contributed by atoms with Gasteiger partial charge in [-0.2, -0.15) is 10.2 Å². The lowest BCUT2D eigenvalue weighted by Gasteiger charge is -2.14. The zero-order chi connectivity index (χ0) is 24.0. The van der Waals surface area contributed by atoms with E-state index in [4.69, 9.17) is 32.5 Å². The van der Waals surface area contributed by atoms with Crippen LogP contribution >= 0.6 is 11.6 Å². The predicted molar refractivity (Wildman–Crippen MR) is 116 cm³/mol. The van der Waals surface area contributed by atoms with E-state index < -0.39 is 29.5 Å². The van der Waals surface area contributed by atoms with Crippen molar-refractivity contribution in [3.63, 3.8) is 0 Å². The number of halogens is 1. The van der Waals surface area contributed by atoms with E-state index in [2.05, 4.69) is 15.5 Å². The van der Waals surface area contributed by atoms with Gasteiger partial charge in [0, 0.05) is 23.3 Å². The van der Waals surface area contributed by atoms with E-state index in [9.17, 15) is 19.2 Å². The summed E-state index contributed by atoms with van der Waals surface area (Å²) in [4.78, 5) is 47.7. The molecule has 3 amide bonds. The van der Waals surface area contributed by atoms with Crippen LogP contribution in [-0.2, 0) is 9.59 Å². The Kier molecular flexibility index (Phi) is 7.86. The maximum atomic E-state index is 12.7. The van der Waals surface area contributed by atoms with Crippen molar-refractivity contribution in [3.8, 4) is 11.5 Å². The molecule has 2 aromatic rings. The Labute approximate surface area is 187 Å². The molecule has 12 heteroatoms. The molecule has 0 aliphatic carbocycles. The number of Topliss-reactive ketones (excluding diaryl/α,β-unsaturated/α-hetero) is 1. The van der Waals surface area contributed by atoms with Crippen molar-refractivity contribution in [3.05, 3.63) is 46.5 Å². The summed E-state index contributed by atoms with van der Waals surface area (Å²) in [5, 5.41) is 10.4. The summed E-state index contributed by atoms with van der Waals surface area (Å²) in [5.41, 5.74) is 10.6. The summed E-state index contributed by atoms with van der Waals surface area (Å²) in [6.45, 7) is 1.15. The van der Waals surface area contributed by atoms with Crippen LogP contribution in [0.3, 0.4) is 0 Å². The number of hydrogen-bond donors (Lipinski definition) is 3. The van der Waals surface area contributed by atoms with Crippen LogP contribution in [0.2, 0.25) is 5.02 Å². The highest BCUT2D eigenvalue weighted by Crippen LogP contribution is 2.36. The molecule has 0 saturated heterocycles. The first kappa shape index (κ1) is 24.3. The standard InChI is InChI=1S/C20H20ClN5O6/c1-9(27)17(20(30)24-14-8-15(31-2)13(21)7-16(14)32-3)26-25-12-5-10(18(22)28)4-11(6-12)19(23)29/h4-8,17H,1-3H3,(H2,22,28)(H2,23,29)(H,24,30)/b26-25-. The number of nitrogens with zero attached hydrogens (tertiary/aromatic N) is 2. The quantitative estimate of drug-likeness (QED) is 0.381. The van der Waals surface area contributed by atoms with Crippen LogP contribution in [-0.4, -0.2) is 43.8 Å². The number of nitrogens with one attached hydrogen (secondary N) is 1. The van der Waals surface area contributed by atoms with E-state index in [1.807, 2.05) is 0 Å². The van der Waals surface area contributed by atoms with Crippen LogP contribution in [0.15, 0.2) is 40.6 Å². The fourth-order valence-electron chi connectivity index (χ4n) is 2.56. The van der Waals surface area contributed by atoms with Gasteiger partial charge in [0.05, 0.1) is 30.6 Å². The smallest absolute Gasteiger partial charge is 0.258 e. The van der Waals surface area contributed by atoms with E-state index in [1.54, 1.807) is 0 Å². The van der Waals surface area contributed by atoms with Crippen LogP contribution in [0, 0.1) is 0 Å². The van der Waals surface area contributed by atoms with Crippen molar-refractivity contribution in [2.24, 2.45) is 21.7 Å². The zero-order valence-corrected chi connectivity index (χ0v) is 18.1. The molecule has 0 radical (unpaired) electrons. The molecule has 0 fully saturated rings. The van der Waals surface area contributed by atoms with Crippen LogP contribution in [0.4, 0.5) is 11.4 Å². The zero-order valence-electron chi connectivity index (χ0n) is 17.3. The minimum Gasteiger partial charge on any atom is -0.495 e. The first-order valence-electron chi connectivity index (χ1n) is 8.95. The fraction of sp³-hybridized carbons (Fsp3) is 0.200. The molecule has 2 aromatic carbocycles. The van der Waals surface area contributed by atoms with Gasteiger partial charge >= 0.3 is 0 Å². The number of carbonyl (C=O) groups excluding carboxylic acids is 4. The molecule has 0 spiro atoms. The van der Waals surface area contributed by atoms with Crippen LogP contribution < -0.4 is 26.3 Å². The second kappa shape index (κ2) is 10.4. The van der Waals surface area contributed by atoms with E-state index >= 15 is 0 Å². The van der Waals surface area contributed by atoms with Crippen molar-refractivity contribution >= 4 is 46.5 Å². The van der Waals surface area contributed by atoms with Gasteiger partial charge in [-0.25, -0.2) is 0 Å². The third kappa shape index (κ3) is 5.79. The van der Waals surface area contributed by atoms with Crippen LogP contribution in [0.1, 0.15) is 27.6 Å². The van der Waals surface area contributed by atoms with Gasteiger partial charge in [-0.3, -0.25) is 19.2 Å². The van der Waals surface area contributed by atoms with Crippen molar-refractivity contribution in [2.45, 2.75) is 13.0 Å². The second-order valence-electron chi connectivity index (χ2n) is 6.40. The first-order chi connectivity index (χ1) is 15.1. The number of anilines is 1. The van der Waals surface area contributed by atoms with E-state index in [1.165, 1.54) is 44.6 Å². The van der Waals surface area contributed by atoms with E-state index in [0.717, 1.165) is 6.92 Å². The molecule has 1 unspecified atom stereocenters. The number of ketones is 1. The average Bonchev–Trinajstić information content (AvgIpc) is 2.74. The molecule has 2 rings (SSSR count). The largest absolute Gasteiger partial charge is 0.495 e. The van der Waals surface area contributed by atoms with Gasteiger partial charge in [0.15, 0.2) is 5.78 Å². The van der Waals surface area contributed by atoms with Gasteiger partial charge in [0.25, 0.3) is 5.91 Å². The number of methoxy groups -OCH3 is 2. The third-order valence-electron chi connectivity index (χ3n) is 4.14. The molecule has 11 nitrogen and oxygen atoms in total. The Balaban J connectivity index is 2.37. The van der Waals surface area contributed by atoms with E-state index in [0.29, 0.717) is 0 Å². The second-order valence-corrected chi connectivity index (χ2v) is 6.81. The number of nitrogens with two attached hydrogens (primary N) is 2. The van der Waals surface area contributed by atoms with Gasteiger partial charge in [0.2, 0.25) is 17.9 Å². The summed E-state index contributed by atoms with van der Waals surface area (Å²) >= 11 is 6.05. The highest BCUT2D eigenvalue weighted by Gasteiger charge is 2.25. The average molecular weight is 462 g/mol. The number of primary amides is 2. The molecule has 0 heterocycles. The molecule has 0 aliphatic rings. The van der Waals surface area contributed by atoms with Gasteiger partial charge in [-0.15, -0.1) is 0 Å². The van der Waals surface area contributed by atoms with Crippen molar-refractivity contribution in [1.29, 1.82) is 0 Å². The maximum Gasteiger partial charge on any atom is 0.258 e. The summed E-state index contributed by atoms with van der Waals surface area (Å²) in [6.07, 6.45) is 0. The van der Waals surface area contributed by atoms with Gasteiger partial charge in [-0.05, 0) is 25.1 Å². The topological polar surface area (TPSA) is 176 Å². The predicted octanol–water partition coefficient (Wildman–Crippen LogP) is 2.23. The van der Waals surface area contributed by atoms with Crippen molar-refractivity contribution in [2.75, 3.05) is 19.5 Å². The maximum absolute atomic E-state index is 12.7. The van der Waals surface area contributed by atoms with Crippen molar-refractivity contribution < 1.29 is 28.7 Å². The number of benzene rings is 2. The summed E-state index contributed by atoms with van der Waals surface area (Å²) in [5.74, 6) is -2.59. The number of rotatable bonds is 9. The molecule has 0 aliphatic heterocycles. The number of azo groups is 1. The molecule has 1 atom stereocenters. The van der Waals surface area contributed by atoms with Crippen LogP contribution in [0.25, 0.3) is 0 Å². The Morgan fingerprint density at radius 1 is 0.938 bits per heavy atom. The minimum absolute atomic E-state index is 0.0000993. The minimum atomic E-state index is -1.55. The number of amides is 3. The van der Waals surface area contributed by atoms with E-state index in [-0.39, 0.29) is 39.0 Å². The highest BCUT2D eigenvalue weighted by molar-refractivity contribution is 6.32. The Hall–Kier alpha value is -3.99. The Bertz CT molecular complexity index is 1090. The summed E-state index contributed by atoms with van der Waals surface area (Å²) in [6, 6.07) is 4.97. The SMILES string of the molecule is COc1cc(NC(=O)C(/N=N\c2cc(C(N)=O)cc(C(N)=O)c2)C(C)=O)c(OC)cc1Cl. The molecule has 0 bridgehead atoms. The molecule has 32 heavy (non-hydrogen) atoms. The monoisotopic (exact) mass is 461 g/mol. The fourth-order valence-corrected chi connectivity index (χ4v) is 2.79. The van der Waals surface area contributed by atoms with Crippen LogP contribution in [0.5, 0.6) is 11.5 Å². The molecule has 5 N–H and O–H groups in total. The third-order valence-corrected chi connectivity index (χ3v) is 4.44. The molecule has 0 saturated carbocycles.